The van der Waals surface area contributed by atoms with Crippen LogP contribution in [0.4, 0.5) is 0 Å². The fourth-order valence-corrected chi connectivity index (χ4v) is 3.19. The van der Waals surface area contributed by atoms with Gasteiger partial charge in [-0.3, -0.25) is 9.69 Å². The third-order valence-electron chi connectivity index (χ3n) is 3.68. The Kier molecular flexibility index (Phi) is 3.34. The Bertz CT molecular complexity index is 634. The van der Waals surface area contributed by atoms with Gasteiger partial charge in [-0.2, -0.15) is 9.61 Å². The molecule has 6 nitrogen and oxygen atoms in total. The second-order valence-electron chi connectivity index (χ2n) is 5.16. The molecule has 2 aromatic rings. The van der Waals surface area contributed by atoms with Gasteiger partial charge in [-0.1, -0.05) is 11.3 Å². The van der Waals surface area contributed by atoms with Crippen LogP contribution in [0.25, 0.3) is 4.96 Å². The highest BCUT2D eigenvalue weighted by molar-refractivity contribution is 7.14. The van der Waals surface area contributed by atoms with Crippen LogP contribution < -0.4 is 11.3 Å². The standard InChI is InChI=1S/C12H17N5OS/c1-8(13)9-2-3-16(5-9)6-10-4-11(18)17-12(15-10)19-7-14-17/h4,7-9H,2-3,5-6,13H2,1H3. The van der Waals surface area contributed by atoms with Gasteiger partial charge in [0.25, 0.3) is 5.56 Å². The molecule has 3 rings (SSSR count). The Balaban J connectivity index is 1.77. The number of hydrogen-bond donors (Lipinski definition) is 1. The minimum Gasteiger partial charge on any atom is -0.328 e. The molecular formula is C12H17N5OS. The van der Waals surface area contributed by atoms with Crippen LogP contribution in [0.2, 0.25) is 0 Å². The van der Waals surface area contributed by atoms with Gasteiger partial charge in [-0.15, -0.1) is 0 Å². The van der Waals surface area contributed by atoms with Crippen LogP contribution in [0.15, 0.2) is 16.4 Å². The van der Waals surface area contributed by atoms with Crippen LogP contribution in [-0.4, -0.2) is 38.6 Å². The Labute approximate surface area is 114 Å². The first-order valence-electron chi connectivity index (χ1n) is 6.44. The second kappa shape index (κ2) is 4.99. The van der Waals surface area contributed by atoms with Crippen molar-refractivity contribution in [2.24, 2.45) is 11.7 Å². The molecule has 19 heavy (non-hydrogen) atoms. The number of rotatable bonds is 3. The first kappa shape index (κ1) is 12.7. The zero-order valence-corrected chi connectivity index (χ0v) is 11.6. The van der Waals surface area contributed by atoms with E-state index >= 15 is 0 Å². The molecule has 1 saturated heterocycles. The van der Waals surface area contributed by atoms with Crippen molar-refractivity contribution in [3.05, 3.63) is 27.6 Å². The molecule has 2 unspecified atom stereocenters. The van der Waals surface area contributed by atoms with Crippen LogP contribution in [-0.2, 0) is 6.54 Å². The van der Waals surface area contributed by atoms with Crippen molar-refractivity contribution in [3.8, 4) is 0 Å². The molecule has 2 atom stereocenters. The van der Waals surface area contributed by atoms with Gasteiger partial charge in [0.2, 0.25) is 4.96 Å². The van der Waals surface area contributed by atoms with Crippen LogP contribution >= 0.6 is 11.3 Å². The molecule has 0 radical (unpaired) electrons. The number of hydrogen-bond acceptors (Lipinski definition) is 6. The van der Waals surface area contributed by atoms with Gasteiger partial charge in [0.1, 0.15) is 5.51 Å². The van der Waals surface area contributed by atoms with Crippen molar-refractivity contribution >= 4 is 16.3 Å². The lowest BCUT2D eigenvalue weighted by atomic mass is 10.0. The Morgan fingerprint density at radius 2 is 2.47 bits per heavy atom. The monoisotopic (exact) mass is 279 g/mol. The summed E-state index contributed by atoms with van der Waals surface area (Å²) in [6, 6.07) is 1.80. The first-order valence-corrected chi connectivity index (χ1v) is 7.32. The van der Waals surface area contributed by atoms with E-state index in [1.54, 1.807) is 11.6 Å². The van der Waals surface area contributed by atoms with Gasteiger partial charge in [0.05, 0.1) is 5.69 Å². The largest absolute Gasteiger partial charge is 0.328 e. The summed E-state index contributed by atoms with van der Waals surface area (Å²) < 4.78 is 1.34. The Hall–Kier alpha value is -1.31. The molecule has 1 aliphatic rings. The summed E-state index contributed by atoms with van der Waals surface area (Å²) in [5, 5.41) is 3.96. The van der Waals surface area contributed by atoms with E-state index in [0.717, 1.165) is 25.2 Å². The average Bonchev–Trinajstić information content (AvgIpc) is 2.97. The molecule has 0 aromatic carbocycles. The highest BCUT2D eigenvalue weighted by Gasteiger charge is 2.25. The van der Waals surface area contributed by atoms with E-state index < -0.39 is 0 Å². The molecule has 0 amide bonds. The van der Waals surface area contributed by atoms with Crippen LogP contribution in [0, 0.1) is 5.92 Å². The van der Waals surface area contributed by atoms with Crippen LogP contribution in [0.1, 0.15) is 19.0 Å². The van der Waals surface area contributed by atoms with E-state index in [4.69, 9.17) is 5.73 Å². The molecule has 2 N–H and O–H groups in total. The quantitative estimate of drug-likeness (QED) is 0.875. The van der Waals surface area contributed by atoms with Crippen molar-refractivity contribution < 1.29 is 0 Å². The van der Waals surface area contributed by atoms with Gasteiger partial charge in [-0.25, -0.2) is 4.98 Å². The average molecular weight is 279 g/mol. The summed E-state index contributed by atoms with van der Waals surface area (Å²) in [4.78, 5) is 19.3. The highest BCUT2D eigenvalue weighted by atomic mass is 32.1. The molecule has 0 aliphatic carbocycles. The molecule has 0 bridgehead atoms. The number of nitrogens with two attached hydrogens (primary N) is 1. The topological polar surface area (TPSA) is 76.5 Å². The maximum atomic E-state index is 11.8. The van der Waals surface area contributed by atoms with Crippen molar-refractivity contribution in [2.75, 3.05) is 13.1 Å². The molecule has 1 fully saturated rings. The van der Waals surface area contributed by atoms with E-state index in [1.165, 1.54) is 15.9 Å². The third kappa shape index (κ3) is 2.54. The molecular weight excluding hydrogens is 262 g/mol. The Morgan fingerprint density at radius 3 is 3.21 bits per heavy atom. The van der Waals surface area contributed by atoms with E-state index in [0.29, 0.717) is 17.4 Å². The van der Waals surface area contributed by atoms with E-state index in [2.05, 4.69) is 21.9 Å². The minimum atomic E-state index is -0.107. The molecule has 0 saturated carbocycles. The normalized spacial score (nSPS) is 22.1. The van der Waals surface area contributed by atoms with Gasteiger partial charge in [-0.05, 0) is 25.8 Å². The zero-order valence-electron chi connectivity index (χ0n) is 10.8. The predicted octanol–water partition coefficient (Wildman–Crippen LogP) is 0.320. The van der Waals surface area contributed by atoms with Gasteiger partial charge < -0.3 is 5.73 Å². The van der Waals surface area contributed by atoms with Crippen molar-refractivity contribution in [2.45, 2.75) is 25.9 Å². The summed E-state index contributed by atoms with van der Waals surface area (Å²) in [5.74, 6) is 0.549. The number of likely N-dealkylation sites (tertiary alicyclic amines) is 1. The smallest absolute Gasteiger partial charge is 0.275 e. The second-order valence-corrected chi connectivity index (χ2v) is 5.97. The lowest BCUT2D eigenvalue weighted by molar-refractivity contribution is 0.305. The zero-order chi connectivity index (χ0) is 13.4. The fourth-order valence-electron chi connectivity index (χ4n) is 2.55. The maximum Gasteiger partial charge on any atom is 0.275 e. The molecule has 102 valence electrons. The van der Waals surface area contributed by atoms with Crippen molar-refractivity contribution in [1.29, 1.82) is 0 Å². The highest BCUT2D eigenvalue weighted by Crippen LogP contribution is 2.20. The lowest BCUT2D eigenvalue weighted by Gasteiger charge is -2.17. The first-order chi connectivity index (χ1) is 9.13. The van der Waals surface area contributed by atoms with E-state index in [-0.39, 0.29) is 11.6 Å². The van der Waals surface area contributed by atoms with Crippen molar-refractivity contribution in [3.63, 3.8) is 0 Å². The van der Waals surface area contributed by atoms with Gasteiger partial charge in [0, 0.05) is 25.2 Å². The lowest BCUT2D eigenvalue weighted by Crippen LogP contribution is -2.30. The molecule has 1 aliphatic heterocycles. The third-order valence-corrected chi connectivity index (χ3v) is 4.35. The summed E-state index contributed by atoms with van der Waals surface area (Å²) in [5.41, 5.74) is 8.28. The number of aromatic nitrogens is 3. The summed E-state index contributed by atoms with van der Waals surface area (Å²) in [6.45, 7) is 4.78. The minimum absolute atomic E-state index is 0.107. The van der Waals surface area contributed by atoms with Gasteiger partial charge in [0.15, 0.2) is 0 Å². The van der Waals surface area contributed by atoms with Crippen molar-refractivity contribution in [1.82, 2.24) is 19.5 Å². The maximum absolute atomic E-state index is 11.8. The SMILES string of the molecule is CC(N)C1CCN(Cc2cc(=O)n3ncsc3n2)C1. The Morgan fingerprint density at radius 1 is 1.63 bits per heavy atom. The summed E-state index contributed by atoms with van der Waals surface area (Å²) >= 11 is 1.38. The molecule has 2 aromatic heterocycles. The summed E-state index contributed by atoms with van der Waals surface area (Å²) in [6.07, 6.45) is 1.12. The number of nitrogens with zero attached hydrogens (tertiary/aromatic N) is 4. The molecule has 3 heterocycles. The molecule has 7 heteroatoms. The molecule has 0 spiro atoms. The van der Waals surface area contributed by atoms with Crippen LogP contribution in [0.3, 0.4) is 0 Å². The van der Waals surface area contributed by atoms with E-state index in [9.17, 15) is 4.79 Å². The number of fused-ring (bicyclic) bond motifs is 1. The van der Waals surface area contributed by atoms with Crippen LogP contribution in [0.5, 0.6) is 0 Å². The van der Waals surface area contributed by atoms with E-state index in [1.807, 2.05) is 0 Å². The van der Waals surface area contributed by atoms with Gasteiger partial charge >= 0.3 is 0 Å². The predicted molar refractivity (Wildman–Crippen MR) is 74.2 cm³/mol. The fraction of sp³-hybridized carbons (Fsp3) is 0.583. The summed E-state index contributed by atoms with van der Waals surface area (Å²) in [7, 11) is 0.